The van der Waals surface area contributed by atoms with Crippen molar-refractivity contribution in [1.29, 1.82) is 5.26 Å². The molecule has 0 aliphatic rings. The Labute approximate surface area is 116 Å². The Kier molecular flexibility index (Phi) is 5.32. The van der Waals surface area contributed by atoms with Crippen molar-refractivity contribution in [2.75, 3.05) is 13.1 Å². The maximum atomic E-state index is 12.4. The van der Waals surface area contributed by atoms with E-state index < -0.39 is 10.0 Å². The van der Waals surface area contributed by atoms with Gasteiger partial charge in [-0.05, 0) is 24.6 Å². The lowest BCUT2D eigenvalue weighted by atomic mass is 10.2. The molecule has 18 heavy (non-hydrogen) atoms. The number of nitrogens with zero attached hydrogens (tertiary/aromatic N) is 2. The molecule has 0 aliphatic carbocycles. The van der Waals surface area contributed by atoms with Crippen LogP contribution in [0.25, 0.3) is 0 Å². The van der Waals surface area contributed by atoms with Crippen LogP contribution in [-0.4, -0.2) is 25.8 Å². The van der Waals surface area contributed by atoms with E-state index in [2.05, 4.69) is 15.9 Å². The third-order valence-corrected chi connectivity index (χ3v) is 5.20. The first-order valence-electron chi connectivity index (χ1n) is 5.56. The van der Waals surface area contributed by atoms with Crippen LogP contribution in [0.3, 0.4) is 0 Å². The number of rotatable bonds is 5. The highest BCUT2D eigenvalue weighted by Gasteiger charge is 2.24. The molecule has 1 aromatic carbocycles. The van der Waals surface area contributed by atoms with Gasteiger partial charge in [0.1, 0.15) is 0 Å². The average molecular weight is 331 g/mol. The average Bonchev–Trinajstić information content (AvgIpc) is 2.33. The molecule has 0 N–H and O–H groups in total. The summed E-state index contributed by atoms with van der Waals surface area (Å²) < 4.78 is 26.9. The zero-order valence-electron chi connectivity index (χ0n) is 10.4. The number of aryl methyl sites for hydroxylation is 1. The Morgan fingerprint density at radius 3 is 2.67 bits per heavy atom. The second kappa shape index (κ2) is 6.32. The van der Waals surface area contributed by atoms with Gasteiger partial charge in [-0.25, -0.2) is 8.42 Å². The van der Waals surface area contributed by atoms with Gasteiger partial charge < -0.3 is 0 Å². The van der Waals surface area contributed by atoms with Gasteiger partial charge in [-0.2, -0.15) is 9.57 Å². The Balaban J connectivity index is 3.19. The first-order chi connectivity index (χ1) is 8.43. The minimum atomic E-state index is -3.52. The molecule has 0 spiro atoms. The first kappa shape index (κ1) is 15.2. The summed E-state index contributed by atoms with van der Waals surface area (Å²) in [6, 6.07) is 7.13. The molecule has 4 nitrogen and oxygen atoms in total. The topological polar surface area (TPSA) is 61.2 Å². The van der Waals surface area contributed by atoms with Crippen LogP contribution < -0.4 is 0 Å². The highest BCUT2D eigenvalue weighted by Crippen LogP contribution is 2.23. The quantitative estimate of drug-likeness (QED) is 0.833. The standard InChI is InChI=1S/C12H15BrN2O2S/c1-3-15(8-4-7-14)18(16,17)12-9-11(13)6-5-10(12)2/h5-6,9H,3-4,8H2,1-2H3. The van der Waals surface area contributed by atoms with Crippen molar-refractivity contribution in [3.63, 3.8) is 0 Å². The van der Waals surface area contributed by atoms with E-state index in [1.54, 1.807) is 32.0 Å². The SMILES string of the molecule is CCN(CCC#N)S(=O)(=O)c1cc(Br)ccc1C. The lowest BCUT2D eigenvalue weighted by Crippen LogP contribution is -2.32. The number of hydrogen-bond acceptors (Lipinski definition) is 3. The van der Waals surface area contributed by atoms with Gasteiger partial charge in [-0.1, -0.05) is 28.9 Å². The van der Waals surface area contributed by atoms with Gasteiger partial charge in [0.2, 0.25) is 10.0 Å². The van der Waals surface area contributed by atoms with E-state index in [4.69, 9.17) is 5.26 Å². The monoisotopic (exact) mass is 330 g/mol. The van der Waals surface area contributed by atoms with E-state index in [-0.39, 0.29) is 17.9 Å². The van der Waals surface area contributed by atoms with E-state index >= 15 is 0 Å². The summed E-state index contributed by atoms with van der Waals surface area (Å²) in [7, 11) is -3.52. The maximum Gasteiger partial charge on any atom is 0.243 e. The van der Waals surface area contributed by atoms with Gasteiger partial charge in [-0.15, -0.1) is 0 Å². The van der Waals surface area contributed by atoms with Crippen LogP contribution in [-0.2, 0) is 10.0 Å². The fourth-order valence-electron chi connectivity index (χ4n) is 1.61. The molecule has 0 aromatic heterocycles. The molecule has 1 rings (SSSR count). The molecule has 98 valence electrons. The van der Waals surface area contributed by atoms with Crippen LogP contribution in [0.15, 0.2) is 27.6 Å². The highest BCUT2D eigenvalue weighted by atomic mass is 79.9. The molecule has 6 heteroatoms. The Bertz CT molecular complexity index is 564. The summed E-state index contributed by atoms with van der Waals surface area (Å²) in [5.74, 6) is 0. The van der Waals surface area contributed by atoms with Gasteiger partial charge in [0.05, 0.1) is 11.0 Å². The third-order valence-electron chi connectivity index (χ3n) is 2.59. The van der Waals surface area contributed by atoms with Crippen LogP contribution in [0.4, 0.5) is 0 Å². The minimum absolute atomic E-state index is 0.195. The van der Waals surface area contributed by atoms with Gasteiger partial charge in [0, 0.05) is 24.0 Å². The minimum Gasteiger partial charge on any atom is -0.207 e. The fraction of sp³-hybridized carbons (Fsp3) is 0.417. The summed E-state index contributed by atoms with van der Waals surface area (Å²) in [6.07, 6.45) is 0.195. The molecule has 0 saturated heterocycles. The maximum absolute atomic E-state index is 12.4. The lowest BCUT2D eigenvalue weighted by Gasteiger charge is -2.20. The van der Waals surface area contributed by atoms with Crippen molar-refractivity contribution < 1.29 is 8.42 Å². The Morgan fingerprint density at radius 2 is 2.11 bits per heavy atom. The molecule has 1 aromatic rings. The van der Waals surface area contributed by atoms with Crippen molar-refractivity contribution in [1.82, 2.24) is 4.31 Å². The fourth-order valence-corrected chi connectivity index (χ4v) is 3.83. The summed E-state index contributed by atoms with van der Waals surface area (Å²) in [6.45, 7) is 4.11. The number of benzene rings is 1. The van der Waals surface area contributed by atoms with Crippen LogP contribution >= 0.6 is 15.9 Å². The Hall–Kier alpha value is -0.900. The Morgan fingerprint density at radius 1 is 1.44 bits per heavy atom. The normalized spacial score (nSPS) is 11.5. The summed E-state index contributed by atoms with van der Waals surface area (Å²) >= 11 is 3.28. The number of hydrogen-bond donors (Lipinski definition) is 0. The zero-order valence-corrected chi connectivity index (χ0v) is 12.8. The molecule has 0 aliphatic heterocycles. The van der Waals surface area contributed by atoms with Crippen LogP contribution in [0.1, 0.15) is 18.9 Å². The molecular formula is C12H15BrN2O2S. The van der Waals surface area contributed by atoms with Crippen molar-refractivity contribution in [3.05, 3.63) is 28.2 Å². The second-order valence-corrected chi connectivity index (χ2v) is 6.64. The highest BCUT2D eigenvalue weighted by molar-refractivity contribution is 9.10. The first-order valence-corrected chi connectivity index (χ1v) is 7.80. The van der Waals surface area contributed by atoms with Crippen LogP contribution in [0.5, 0.6) is 0 Å². The van der Waals surface area contributed by atoms with Crippen LogP contribution in [0, 0.1) is 18.3 Å². The molecule has 0 amide bonds. The van der Waals surface area contributed by atoms with Crippen LogP contribution in [0.2, 0.25) is 0 Å². The predicted octanol–water partition coefficient (Wildman–Crippen LogP) is 2.68. The van der Waals surface area contributed by atoms with Gasteiger partial charge >= 0.3 is 0 Å². The summed E-state index contributed by atoms with van der Waals surface area (Å²) in [5.41, 5.74) is 0.702. The smallest absolute Gasteiger partial charge is 0.207 e. The third kappa shape index (κ3) is 3.31. The lowest BCUT2D eigenvalue weighted by molar-refractivity contribution is 0.434. The molecular weight excluding hydrogens is 316 g/mol. The molecule has 0 saturated carbocycles. The molecule has 0 radical (unpaired) electrons. The molecule has 0 unspecified atom stereocenters. The van der Waals surface area contributed by atoms with Crippen molar-refractivity contribution >= 4 is 26.0 Å². The summed E-state index contributed by atoms with van der Waals surface area (Å²) in [5, 5.41) is 8.57. The summed E-state index contributed by atoms with van der Waals surface area (Å²) in [4.78, 5) is 0.289. The largest absolute Gasteiger partial charge is 0.243 e. The van der Waals surface area contributed by atoms with Gasteiger partial charge in [0.25, 0.3) is 0 Å². The molecule has 0 heterocycles. The molecule has 0 fully saturated rings. The molecule has 0 bridgehead atoms. The number of sulfonamides is 1. The van der Waals surface area contributed by atoms with E-state index in [0.717, 1.165) is 4.47 Å². The van der Waals surface area contributed by atoms with E-state index in [0.29, 0.717) is 12.1 Å². The predicted molar refractivity (Wildman–Crippen MR) is 73.5 cm³/mol. The second-order valence-electron chi connectivity index (χ2n) is 3.81. The van der Waals surface area contributed by atoms with Gasteiger partial charge in [-0.3, -0.25) is 0 Å². The van der Waals surface area contributed by atoms with Crippen molar-refractivity contribution in [2.45, 2.75) is 25.2 Å². The number of halogens is 1. The zero-order chi connectivity index (χ0) is 13.8. The van der Waals surface area contributed by atoms with E-state index in [1.807, 2.05) is 6.07 Å². The van der Waals surface area contributed by atoms with Crippen molar-refractivity contribution in [2.24, 2.45) is 0 Å². The van der Waals surface area contributed by atoms with E-state index in [1.165, 1.54) is 4.31 Å². The van der Waals surface area contributed by atoms with E-state index in [9.17, 15) is 8.42 Å². The van der Waals surface area contributed by atoms with Gasteiger partial charge in [0.15, 0.2) is 0 Å². The number of nitriles is 1. The van der Waals surface area contributed by atoms with Crippen molar-refractivity contribution in [3.8, 4) is 6.07 Å². The molecule has 0 atom stereocenters.